The van der Waals surface area contributed by atoms with Gasteiger partial charge in [-0.15, -0.1) is 0 Å². The van der Waals surface area contributed by atoms with Gasteiger partial charge in [0.25, 0.3) is 0 Å². The van der Waals surface area contributed by atoms with E-state index in [0.717, 1.165) is 99.1 Å². The van der Waals surface area contributed by atoms with Gasteiger partial charge in [-0.1, -0.05) is 50.8 Å². The third kappa shape index (κ3) is 11.6. The standard InChI is InChI=1S/C51H63N3O9S3/c1-35(55)15-10-8-12-31-53-44-27-25-40(65(58,59)60)33-42(44)50(2,3)46(53)29-19-36-16-14-17-37(49(36)64-39-23-21-38(22-24-39)52(6)7)20-30-47-51(4,5)43-34-41(66(61,62)63)26-28-45(43)54(47)32-13-9-11-18-48(56)57/h19-30,33-34H,1,8-18,31-32H2,2-7H3,(H3-,55,56,57,58,59,60,61,62,63)/p-1. The number of anilines is 2. The van der Waals surface area contributed by atoms with Gasteiger partial charge in [0.2, 0.25) is 5.69 Å². The minimum atomic E-state index is -4.70. The molecular weight excluding hydrogens is 895 g/mol. The van der Waals surface area contributed by atoms with Gasteiger partial charge in [-0.25, -0.2) is 16.8 Å². The Kier molecular flexibility index (Phi) is 15.7. The SMILES string of the molecule is C=C(O)CCCCC[N+]1=C(/C=C/C2=C(Sc3ccc(N(C)C)cc3)C(=C/C=C3/N(CCCCCC(=O)O)c4ccc(S(=O)(=O)[O-])cc4C3(C)C)/CCC2)C(C)(C)c2cc(S(=O)(=O)[O-])ccc21. The van der Waals surface area contributed by atoms with Crippen molar-refractivity contribution < 1.29 is 45.5 Å². The predicted octanol–water partition coefficient (Wildman–Crippen LogP) is 10.6. The Morgan fingerprint density at radius 1 is 0.803 bits per heavy atom. The zero-order chi connectivity index (χ0) is 48.2. The largest absolute Gasteiger partial charge is 0.744 e. The molecular formula is C51H62N3O9S3-. The van der Waals surface area contributed by atoms with E-state index in [-0.39, 0.29) is 22.0 Å². The third-order valence-electron chi connectivity index (χ3n) is 12.9. The maximum Gasteiger partial charge on any atom is 0.303 e. The highest BCUT2D eigenvalue weighted by Crippen LogP contribution is 2.50. The number of rotatable bonds is 20. The van der Waals surface area contributed by atoms with E-state index in [0.29, 0.717) is 38.8 Å². The highest BCUT2D eigenvalue weighted by atomic mass is 32.2. The van der Waals surface area contributed by atoms with Crippen molar-refractivity contribution in [3.05, 3.63) is 130 Å². The predicted molar refractivity (Wildman–Crippen MR) is 261 cm³/mol. The van der Waals surface area contributed by atoms with E-state index < -0.39 is 37.0 Å². The molecule has 6 rings (SSSR count). The van der Waals surface area contributed by atoms with Crippen LogP contribution in [0, 0.1) is 0 Å². The van der Waals surface area contributed by atoms with Crippen molar-refractivity contribution in [2.75, 3.05) is 37.0 Å². The Hall–Kier alpha value is -4.93. The monoisotopic (exact) mass is 956 g/mol. The van der Waals surface area contributed by atoms with Gasteiger partial charge in [0.05, 0.1) is 21.0 Å². The number of nitrogens with zero attached hydrogens (tertiary/aromatic N) is 3. The van der Waals surface area contributed by atoms with Crippen LogP contribution in [-0.4, -0.2) is 79.6 Å². The zero-order valence-corrected chi connectivity index (χ0v) is 41.3. The molecule has 0 amide bonds. The molecule has 1 aliphatic carbocycles. The second-order valence-electron chi connectivity index (χ2n) is 18.6. The lowest BCUT2D eigenvalue weighted by Crippen LogP contribution is -2.28. The fraction of sp³-hybridized carbons (Fsp3) is 0.412. The van der Waals surface area contributed by atoms with Crippen LogP contribution in [0.2, 0.25) is 0 Å². The van der Waals surface area contributed by atoms with Crippen LogP contribution in [0.5, 0.6) is 0 Å². The summed E-state index contributed by atoms with van der Waals surface area (Å²) in [5.41, 5.74) is 7.07. The molecule has 66 heavy (non-hydrogen) atoms. The molecule has 2 heterocycles. The molecule has 0 saturated heterocycles. The minimum absolute atomic E-state index is 0.0830. The number of carboxylic acids is 1. The number of aliphatic carboxylic acids is 1. The molecule has 2 N–H and O–H groups in total. The van der Waals surface area contributed by atoms with Crippen molar-refractivity contribution in [1.29, 1.82) is 0 Å². The Balaban J connectivity index is 1.46. The van der Waals surface area contributed by atoms with Gasteiger partial charge < -0.3 is 29.1 Å². The van der Waals surface area contributed by atoms with Crippen LogP contribution in [0.1, 0.15) is 109 Å². The van der Waals surface area contributed by atoms with Crippen molar-refractivity contribution in [1.82, 2.24) is 0 Å². The van der Waals surface area contributed by atoms with Crippen LogP contribution in [0.4, 0.5) is 17.1 Å². The highest BCUT2D eigenvalue weighted by molar-refractivity contribution is 8.03. The quantitative estimate of drug-likeness (QED) is 0.0474. The third-order valence-corrected chi connectivity index (χ3v) is 15.8. The molecule has 15 heteroatoms. The van der Waals surface area contributed by atoms with E-state index in [1.165, 1.54) is 24.3 Å². The molecule has 2 aliphatic heterocycles. The zero-order valence-electron chi connectivity index (χ0n) is 38.8. The first-order valence-corrected chi connectivity index (χ1v) is 26.1. The number of thioether (sulfide) groups is 1. The van der Waals surface area contributed by atoms with E-state index in [1.54, 1.807) is 23.9 Å². The summed E-state index contributed by atoms with van der Waals surface area (Å²) in [6.07, 6.45) is 16.1. The summed E-state index contributed by atoms with van der Waals surface area (Å²) in [6.45, 7) is 13.0. The Morgan fingerprint density at radius 2 is 1.44 bits per heavy atom. The Labute approximate surface area is 395 Å². The number of allylic oxidation sites excluding steroid dienone is 8. The van der Waals surface area contributed by atoms with Gasteiger partial charge in [0.1, 0.15) is 26.8 Å². The summed E-state index contributed by atoms with van der Waals surface area (Å²) in [4.78, 5) is 17.1. The van der Waals surface area contributed by atoms with Crippen molar-refractivity contribution in [3.8, 4) is 0 Å². The highest BCUT2D eigenvalue weighted by Gasteiger charge is 2.45. The van der Waals surface area contributed by atoms with Gasteiger partial charge in [0, 0.05) is 89.9 Å². The van der Waals surface area contributed by atoms with Crippen molar-refractivity contribution in [3.63, 3.8) is 0 Å². The van der Waals surface area contributed by atoms with Crippen molar-refractivity contribution >= 4 is 60.7 Å². The first-order chi connectivity index (χ1) is 31.0. The maximum atomic E-state index is 12.2. The normalized spacial score (nSPS) is 18.2. The Morgan fingerprint density at radius 3 is 2.08 bits per heavy atom. The first-order valence-electron chi connectivity index (χ1n) is 22.5. The summed E-state index contributed by atoms with van der Waals surface area (Å²) in [5.74, 6) is -0.681. The van der Waals surface area contributed by atoms with Crippen LogP contribution in [-0.2, 0) is 35.9 Å². The Bertz CT molecular complexity index is 2750. The average molecular weight is 957 g/mol. The van der Waals surface area contributed by atoms with Gasteiger partial charge >= 0.3 is 5.97 Å². The molecule has 0 spiro atoms. The van der Waals surface area contributed by atoms with Gasteiger partial charge in [-0.3, -0.25) is 4.79 Å². The molecule has 3 aliphatic rings. The van der Waals surface area contributed by atoms with Crippen LogP contribution < -0.4 is 9.80 Å². The van der Waals surface area contributed by atoms with E-state index in [4.69, 9.17) is 0 Å². The van der Waals surface area contributed by atoms with Crippen LogP contribution in [0.15, 0.2) is 134 Å². The van der Waals surface area contributed by atoms with Gasteiger partial charge in [0.15, 0.2) is 5.71 Å². The van der Waals surface area contributed by atoms with Gasteiger partial charge in [-0.05, 0) is 136 Å². The molecule has 3 aromatic carbocycles. The smallest absolute Gasteiger partial charge is 0.303 e. The number of fused-ring (bicyclic) bond motifs is 2. The second kappa shape index (κ2) is 20.5. The number of unbranched alkanes of at least 4 members (excludes halogenated alkanes) is 4. The summed E-state index contributed by atoms with van der Waals surface area (Å²) in [6, 6.07) is 17.6. The number of carboxylic acid groups (broad SMARTS) is 1. The number of hydrogen-bond acceptors (Lipinski definition) is 11. The summed E-state index contributed by atoms with van der Waals surface area (Å²) in [5, 5.41) is 18.9. The molecule has 0 unspecified atom stereocenters. The lowest BCUT2D eigenvalue weighted by Gasteiger charge is -2.27. The molecule has 12 nitrogen and oxygen atoms in total. The average Bonchev–Trinajstić information content (AvgIpc) is 3.58. The fourth-order valence-corrected chi connectivity index (χ4v) is 11.3. The van der Waals surface area contributed by atoms with Crippen molar-refractivity contribution in [2.24, 2.45) is 0 Å². The molecule has 354 valence electrons. The molecule has 0 atom stereocenters. The number of benzene rings is 3. The number of carbonyl (C=O) groups is 1. The first kappa shape index (κ1) is 50.5. The molecule has 3 aromatic rings. The topological polar surface area (TPSA) is 181 Å². The van der Waals surface area contributed by atoms with Crippen molar-refractivity contribution in [2.45, 2.75) is 124 Å². The summed E-state index contributed by atoms with van der Waals surface area (Å²) < 4.78 is 75.4. The van der Waals surface area contributed by atoms with Gasteiger partial charge in [-0.2, -0.15) is 4.58 Å². The summed E-state index contributed by atoms with van der Waals surface area (Å²) >= 11 is 1.69. The van der Waals surface area contributed by atoms with Crippen LogP contribution in [0.3, 0.4) is 0 Å². The minimum Gasteiger partial charge on any atom is -0.744 e. The van der Waals surface area contributed by atoms with E-state index in [9.17, 15) is 40.9 Å². The van der Waals surface area contributed by atoms with Crippen LogP contribution >= 0.6 is 11.8 Å². The number of aliphatic hydroxyl groups is 1. The lowest BCUT2D eigenvalue weighted by molar-refractivity contribution is -0.438. The second-order valence-corrected chi connectivity index (χ2v) is 22.4. The molecule has 0 bridgehead atoms. The van der Waals surface area contributed by atoms with E-state index >= 15 is 0 Å². The van der Waals surface area contributed by atoms with Crippen LogP contribution in [0.25, 0.3) is 0 Å². The molecule has 0 radical (unpaired) electrons. The lowest BCUT2D eigenvalue weighted by atomic mass is 9.81. The number of hydrogen-bond donors (Lipinski definition) is 2. The molecule has 0 aromatic heterocycles. The fourth-order valence-electron chi connectivity index (χ4n) is 9.24. The maximum absolute atomic E-state index is 12.2. The van der Waals surface area contributed by atoms with E-state index in [2.05, 4.69) is 69.5 Å². The molecule has 0 saturated carbocycles. The molecule has 0 fully saturated rings. The summed E-state index contributed by atoms with van der Waals surface area (Å²) in [7, 11) is -5.39. The van der Waals surface area contributed by atoms with E-state index in [1.807, 2.05) is 41.8 Å². The number of aliphatic hydroxyl groups excluding tert-OH is 1.